The van der Waals surface area contributed by atoms with Gasteiger partial charge in [-0.05, 0) is 47.6 Å². The summed E-state index contributed by atoms with van der Waals surface area (Å²) in [6.07, 6.45) is -4.51. The molecule has 1 N–H and O–H groups in total. The average molecular weight is 514 g/mol. The van der Waals surface area contributed by atoms with Crippen LogP contribution in [0.1, 0.15) is 11.1 Å². The zero-order valence-electron chi connectivity index (χ0n) is 19.0. The molecule has 2 aromatic rings. The number of nitrogens with zero attached hydrogens (tertiary/aromatic N) is 2. The van der Waals surface area contributed by atoms with Crippen molar-refractivity contribution in [3.8, 4) is 0 Å². The van der Waals surface area contributed by atoms with E-state index in [0.717, 1.165) is 12.1 Å². The van der Waals surface area contributed by atoms with E-state index in [4.69, 9.17) is 4.74 Å². The van der Waals surface area contributed by atoms with Gasteiger partial charge in [0.15, 0.2) is 0 Å². The molecular formula is C24H27F4N3O3S. The fraction of sp³-hybridized carbons (Fsp3) is 0.500. The molecule has 2 unspecified atom stereocenters. The highest BCUT2D eigenvalue weighted by Gasteiger charge is 2.57. The fourth-order valence-electron chi connectivity index (χ4n) is 5.19. The van der Waals surface area contributed by atoms with Crippen LogP contribution in [0.15, 0.2) is 42.5 Å². The summed E-state index contributed by atoms with van der Waals surface area (Å²) in [5, 5.41) is 3.26. The summed E-state index contributed by atoms with van der Waals surface area (Å²) >= 11 is 0. The standard InChI is InChI=1S/C24H27F4N3O3S/c25-22-11-18(4-5-23(22)30-6-8-34-9-7-30)29-12-19-20-13-31(14-21(19)20)35(32,33)15-16-2-1-3-17(10-16)24(26,27)28/h1-5,10-11,19-21,29H,6-9,12-15H2. The zero-order chi connectivity index (χ0) is 24.8. The van der Waals surface area contributed by atoms with Crippen LogP contribution in [0.5, 0.6) is 0 Å². The first-order chi connectivity index (χ1) is 16.6. The number of rotatable bonds is 7. The highest BCUT2D eigenvalue weighted by atomic mass is 32.2. The molecule has 35 heavy (non-hydrogen) atoms. The molecular weight excluding hydrogens is 486 g/mol. The molecule has 0 bridgehead atoms. The van der Waals surface area contributed by atoms with Crippen molar-refractivity contribution < 1.29 is 30.7 Å². The Bertz CT molecular complexity index is 1170. The van der Waals surface area contributed by atoms with Gasteiger partial charge >= 0.3 is 6.18 Å². The number of halogens is 4. The van der Waals surface area contributed by atoms with Gasteiger partial charge in [0.05, 0.1) is 30.2 Å². The van der Waals surface area contributed by atoms with Crippen LogP contribution in [0.2, 0.25) is 0 Å². The van der Waals surface area contributed by atoms with Crippen molar-refractivity contribution in [1.29, 1.82) is 0 Å². The van der Waals surface area contributed by atoms with Gasteiger partial charge in [0.25, 0.3) is 0 Å². The number of alkyl halides is 3. The van der Waals surface area contributed by atoms with Crippen LogP contribution in [-0.4, -0.2) is 58.7 Å². The van der Waals surface area contributed by atoms with Gasteiger partial charge in [0.1, 0.15) is 5.82 Å². The Morgan fingerprint density at radius 1 is 1.03 bits per heavy atom. The van der Waals surface area contributed by atoms with Crippen molar-refractivity contribution in [2.45, 2.75) is 11.9 Å². The van der Waals surface area contributed by atoms with E-state index in [-0.39, 0.29) is 29.1 Å². The quantitative estimate of drug-likeness (QED) is 0.571. The van der Waals surface area contributed by atoms with Gasteiger partial charge in [0, 0.05) is 38.4 Å². The topological polar surface area (TPSA) is 61.9 Å². The highest BCUT2D eigenvalue weighted by Crippen LogP contribution is 2.52. The van der Waals surface area contributed by atoms with Crippen molar-refractivity contribution >= 4 is 21.4 Å². The van der Waals surface area contributed by atoms with E-state index in [0.29, 0.717) is 57.3 Å². The summed E-state index contributed by atoms with van der Waals surface area (Å²) in [5.74, 6) is -0.0436. The molecule has 0 amide bonds. The maximum atomic E-state index is 14.6. The Hall–Kier alpha value is -2.37. The van der Waals surface area contributed by atoms with Crippen LogP contribution < -0.4 is 10.2 Å². The van der Waals surface area contributed by atoms with Gasteiger partial charge < -0.3 is 15.0 Å². The summed E-state index contributed by atoms with van der Waals surface area (Å²) in [6, 6.07) is 9.55. The third kappa shape index (κ3) is 5.26. The number of hydrogen-bond acceptors (Lipinski definition) is 5. The van der Waals surface area contributed by atoms with E-state index in [1.165, 1.54) is 22.5 Å². The van der Waals surface area contributed by atoms with Crippen LogP contribution in [0.4, 0.5) is 28.9 Å². The molecule has 2 saturated heterocycles. The molecule has 3 fully saturated rings. The van der Waals surface area contributed by atoms with Gasteiger partial charge in [-0.2, -0.15) is 13.2 Å². The second kappa shape index (κ2) is 9.25. The molecule has 190 valence electrons. The van der Waals surface area contributed by atoms with Gasteiger partial charge in [-0.25, -0.2) is 17.1 Å². The summed E-state index contributed by atoms with van der Waals surface area (Å²) in [5.41, 5.74) is 0.512. The number of piperidine rings is 1. The first kappa shape index (κ1) is 24.3. The number of fused-ring (bicyclic) bond motifs is 1. The molecule has 0 radical (unpaired) electrons. The van der Waals surface area contributed by atoms with Crippen molar-refractivity contribution in [3.05, 3.63) is 59.4 Å². The monoisotopic (exact) mass is 513 g/mol. The minimum absolute atomic E-state index is 0.126. The molecule has 0 spiro atoms. The molecule has 11 heteroatoms. The number of ether oxygens (including phenoxy) is 1. The van der Waals surface area contributed by atoms with Crippen molar-refractivity contribution in [3.63, 3.8) is 0 Å². The van der Waals surface area contributed by atoms with E-state index < -0.39 is 27.5 Å². The lowest BCUT2D eigenvalue weighted by Crippen LogP contribution is -2.36. The van der Waals surface area contributed by atoms with Gasteiger partial charge in [0.2, 0.25) is 10.0 Å². The van der Waals surface area contributed by atoms with Gasteiger partial charge in [-0.15, -0.1) is 0 Å². The van der Waals surface area contributed by atoms with E-state index in [2.05, 4.69) is 5.32 Å². The Kier molecular flexibility index (Phi) is 6.43. The normalized spacial score (nSPS) is 24.9. The SMILES string of the molecule is O=S(=O)(Cc1cccc(C(F)(F)F)c1)N1CC2C(CNc3ccc(N4CCOCC4)c(F)c3)C2C1. The first-order valence-corrected chi connectivity index (χ1v) is 13.2. The van der Waals surface area contributed by atoms with E-state index in [9.17, 15) is 26.0 Å². The predicted octanol–water partition coefficient (Wildman–Crippen LogP) is 3.80. The minimum atomic E-state index is -4.51. The van der Waals surface area contributed by atoms with Crippen molar-refractivity contribution in [1.82, 2.24) is 4.31 Å². The van der Waals surface area contributed by atoms with E-state index in [1.54, 1.807) is 6.07 Å². The third-order valence-corrected chi connectivity index (χ3v) is 8.96. The average Bonchev–Trinajstić information content (AvgIpc) is 3.25. The largest absolute Gasteiger partial charge is 0.416 e. The van der Waals surface area contributed by atoms with Gasteiger partial charge in [-0.1, -0.05) is 18.2 Å². The Labute approximate surface area is 201 Å². The second-order valence-electron chi connectivity index (χ2n) is 9.41. The molecule has 1 saturated carbocycles. The summed E-state index contributed by atoms with van der Waals surface area (Å²) in [6.45, 7) is 3.82. The maximum absolute atomic E-state index is 14.6. The summed E-state index contributed by atoms with van der Waals surface area (Å²) in [4.78, 5) is 1.96. The Morgan fingerprint density at radius 3 is 2.40 bits per heavy atom. The lowest BCUT2D eigenvalue weighted by atomic mass is 10.1. The van der Waals surface area contributed by atoms with Crippen LogP contribution in [0.25, 0.3) is 0 Å². The Balaban J connectivity index is 1.13. The lowest BCUT2D eigenvalue weighted by Gasteiger charge is -2.29. The smallest absolute Gasteiger partial charge is 0.385 e. The molecule has 5 rings (SSSR count). The fourth-order valence-corrected chi connectivity index (χ4v) is 6.78. The van der Waals surface area contributed by atoms with Gasteiger partial charge in [-0.3, -0.25) is 0 Å². The molecule has 2 aromatic carbocycles. The maximum Gasteiger partial charge on any atom is 0.416 e. The highest BCUT2D eigenvalue weighted by molar-refractivity contribution is 7.88. The number of benzene rings is 2. The molecule has 2 heterocycles. The summed E-state index contributed by atoms with van der Waals surface area (Å²) in [7, 11) is -3.71. The van der Waals surface area contributed by atoms with Crippen LogP contribution in [-0.2, 0) is 26.7 Å². The Morgan fingerprint density at radius 2 is 1.74 bits per heavy atom. The molecule has 1 aliphatic carbocycles. The number of morpholine rings is 1. The number of nitrogens with one attached hydrogen (secondary N) is 1. The third-order valence-electron chi connectivity index (χ3n) is 7.18. The van der Waals surface area contributed by atoms with Crippen molar-refractivity contribution in [2.75, 3.05) is 56.2 Å². The predicted molar refractivity (Wildman–Crippen MR) is 124 cm³/mol. The first-order valence-electron chi connectivity index (χ1n) is 11.6. The molecule has 2 aliphatic heterocycles. The molecule has 3 aliphatic rings. The second-order valence-corrected chi connectivity index (χ2v) is 11.4. The minimum Gasteiger partial charge on any atom is -0.385 e. The van der Waals surface area contributed by atoms with Crippen molar-refractivity contribution in [2.24, 2.45) is 17.8 Å². The van der Waals surface area contributed by atoms with Crippen LogP contribution in [0, 0.1) is 23.6 Å². The molecule has 0 aromatic heterocycles. The van der Waals surface area contributed by atoms with E-state index >= 15 is 0 Å². The lowest BCUT2D eigenvalue weighted by molar-refractivity contribution is -0.137. The van der Waals surface area contributed by atoms with E-state index in [1.807, 2.05) is 11.0 Å². The molecule has 6 nitrogen and oxygen atoms in total. The molecule has 2 atom stereocenters. The number of sulfonamides is 1. The zero-order valence-corrected chi connectivity index (χ0v) is 19.8. The summed E-state index contributed by atoms with van der Waals surface area (Å²) < 4.78 is 85.7. The van der Waals surface area contributed by atoms with Crippen LogP contribution >= 0.6 is 0 Å². The number of anilines is 2. The van der Waals surface area contributed by atoms with Crippen LogP contribution in [0.3, 0.4) is 0 Å². The number of hydrogen-bond donors (Lipinski definition) is 1.